The van der Waals surface area contributed by atoms with Crippen molar-refractivity contribution in [3.05, 3.63) is 29.6 Å². The first kappa shape index (κ1) is 17.4. The summed E-state index contributed by atoms with van der Waals surface area (Å²) >= 11 is 0. The molecule has 7 heteroatoms. The molecule has 5 nitrogen and oxygen atoms in total. The number of aliphatic hydroxyl groups is 1. The van der Waals surface area contributed by atoms with Gasteiger partial charge in [-0.25, -0.2) is 4.39 Å². The van der Waals surface area contributed by atoms with Crippen LogP contribution in [0.1, 0.15) is 25.8 Å². The molecule has 0 saturated carbocycles. The van der Waals surface area contributed by atoms with Crippen molar-refractivity contribution in [1.29, 1.82) is 0 Å². The zero-order valence-corrected chi connectivity index (χ0v) is 13.0. The number of hydrogen-bond acceptors (Lipinski definition) is 3. The van der Waals surface area contributed by atoms with E-state index in [-0.39, 0.29) is 30.3 Å². The highest BCUT2D eigenvalue weighted by molar-refractivity contribution is 7.90. The normalized spacial score (nSPS) is 11.4. The van der Waals surface area contributed by atoms with Gasteiger partial charge in [-0.2, -0.15) is 12.7 Å². The summed E-state index contributed by atoms with van der Waals surface area (Å²) in [6.45, 7) is 3.38. The summed E-state index contributed by atoms with van der Waals surface area (Å²) in [6, 6.07) is 3.60. The Hall–Kier alpha value is -1.62. The van der Waals surface area contributed by atoms with Gasteiger partial charge in [0.1, 0.15) is 5.82 Å². The summed E-state index contributed by atoms with van der Waals surface area (Å²) in [5.74, 6) is 4.61. The Morgan fingerprint density at radius 2 is 2.10 bits per heavy atom. The van der Waals surface area contributed by atoms with Crippen molar-refractivity contribution in [3.63, 3.8) is 0 Å². The molecule has 0 spiro atoms. The molecule has 0 aliphatic rings. The fourth-order valence-corrected chi connectivity index (χ4v) is 2.52. The lowest BCUT2D eigenvalue weighted by Gasteiger charge is -2.21. The number of nitrogens with zero attached hydrogens (tertiary/aromatic N) is 1. The molecule has 2 N–H and O–H groups in total. The van der Waals surface area contributed by atoms with Gasteiger partial charge in [-0.15, -0.1) is 0 Å². The van der Waals surface area contributed by atoms with Gasteiger partial charge >= 0.3 is 10.2 Å². The summed E-state index contributed by atoms with van der Waals surface area (Å²) in [5.41, 5.74) is 0.313. The van der Waals surface area contributed by atoms with E-state index in [1.54, 1.807) is 13.8 Å². The first-order chi connectivity index (χ1) is 9.77. The molecule has 0 unspecified atom stereocenters. The Labute approximate surface area is 125 Å². The minimum Gasteiger partial charge on any atom is -0.395 e. The fraction of sp³-hybridized carbons (Fsp3) is 0.429. The number of rotatable bonds is 5. The van der Waals surface area contributed by atoms with E-state index in [2.05, 4.69) is 16.6 Å². The van der Waals surface area contributed by atoms with Crippen molar-refractivity contribution in [2.45, 2.75) is 26.3 Å². The molecule has 0 heterocycles. The molecule has 0 fully saturated rings. The lowest BCUT2D eigenvalue weighted by molar-refractivity contribution is 0.305. The van der Waals surface area contributed by atoms with Gasteiger partial charge in [-0.1, -0.05) is 11.8 Å². The molecular formula is C14H19FN2O3S. The van der Waals surface area contributed by atoms with Gasteiger partial charge < -0.3 is 5.11 Å². The number of benzene rings is 1. The van der Waals surface area contributed by atoms with E-state index >= 15 is 0 Å². The minimum atomic E-state index is -3.69. The Morgan fingerprint density at radius 1 is 1.43 bits per heavy atom. The molecule has 1 aromatic carbocycles. The van der Waals surface area contributed by atoms with Crippen LogP contribution in [0.25, 0.3) is 0 Å². The summed E-state index contributed by atoms with van der Waals surface area (Å²) < 4.78 is 41.2. The summed E-state index contributed by atoms with van der Waals surface area (Å²) in [6.07, 6.45) is 0.228. The van der Waals surface area contributed by atoms with Crippen LogP contribution in [-0.4, -0.2) is 37.5 Å². The van der Waals surface area contributed by atoms with Crippen LogP contribution in [0.5, 0.6) is 0 Å². The van der Waals surface area contributed by atoms with Crippen molar-refractivity contribution in [3.8, 4) is 11.8 Å². The van der Waals surface area contributed by atoms with E-state index in [0.29, 0.717) is 0 Å². The highest BCUT2D eigenvalue weighted by Gasteiger charge is 2.20. The average Bonchev–Trinajstić information content (AvgIpc) is 2.41. The molecule has 1 rings (SSSR count). The highest BCUT2D eigenvalue weighted by atomic mass is 32.2. The van der Waals surface area contributed by atoms with Crippen molar-refractivity contribution < 1.29 is 17.9 Å². The first-order valence-corrected chi connectivity index (χ1v) is 7.87. The van der Waals surface area contributed by atoms with E-state index in [4.69, 9.17) is 5.11 Å². The highest BCUT2D eigenvalue weighted by Crippen LogP contribution is 2.17. The molecule has 0 bridgehead atoms. The Bertz CT molecular complexity index is 648. The second-order valence-electron chi connectivity index (χ2n) is 4.69. The third kappa shape index (κ3) is 5.01. The largest absolute Gasteiger partial charge is 0.395 e. The zero-order chi connectivity index (χ0) is 16.0. The minimum absolute atomic E-state index is 0.0795. The van der Waals surface area contributed by atoms with Gasteiger partial charge in [-0.05, 0) is 32.0 Å². The molecule has 0 atom stereocenters. The Balaban J connectivity index is 3.01. The molecule has 0 aromatic heterocycles. The maximum absolute atomic E-state index is 13.6. The van der Waals surface area contributed by atoms with Crippen LogP contribution in [0.4, 0.5) is 10.1 Å². The fourth-order valence-electron chi connectivity index (χ4n) is 1.40. The van der Waals surface area contributed by atoms with Crippen LogP contribution in [-0.2, 0) is 10.2 Å². The number of hydrogen-bond donors (Lipinski definition) is 2. The Kier molecular flexibility index (Phi) is 6.15. The zero-order valence-electron chi connectivity index (χ0n) is 12.2. The van der Waals surface area contributed by atoms with Crippen LogP contribution in [0, 0.1) is 17.7 Å². The molecule has 0 radical (unpaired) electrons. The maximum atomic E-state index is 13.6. The molecular weight excluding hydrogens is 295 g/mol. The second-order valence-corrected chi connectivity index (χ2v) is 6.42. The first-order valence-electron chi connectivity index (χ1n) is 6.43. The van der Waals surface area contributed by atoms with Crippen LogP contribution in [0.15, 0.2) is 18.2 Å². The van der Waals surface area contributed by atoms with Gasteiger partial charge in [0.25, 0.3) is 0 Å². The van der Waals surface area contributed by atoms with Crippen molar-refractivity contribution in [2.75, 3.05) is 18.4 Å². The van der Waals surface area contributed by atoms with Gasteiger partial charge in [0.15, 0.2) is 0 Å². The molecule has 0 aliphatic carbocycles. The van der Waals surface area contributed by atoms with Crippen molar-refractivity contribution in [2.24, 2.45) is 0 Å². The summed E-state index contributed by atoms with van der Waals surface area (Å²) in [4.78, 5) is 0. The van der Waals surface area contributed by atoms with E-state index in [0.717, 1.165) is 6.07 Å². The predicted molar refractivity (Wildman–Crippen MR) is 80.4 cm³/mol. The number of aliphatic hydroxyl groups excluding tert-OH is 1. The summed E-state index contributed by atoms with van der Waals surface area (Å²) in [5, 5.41) is 8.64. The van der Waals surface area contributed by atoms with Crippen molar-refractivity contribution in [1.82, 2.24) is 4.31 Å². The molecule has 0 amide bonds. The number of halogens is 1. The van der Waals surface area contributed by atoms with E-state index < -0.39 is 16.0 Å². The molecule has 0 aliphatic heterocycles. The second kappa shape index (κ2) is 7.41. The molecule has 21 heavy (non-hydrogen) atoms. The average molecular weight is 314 g/mol. The monoisotopic (exact) mass is 314 g/mol. The van der Waals surface area contributed by atoms with Crippen LogP contribution in [0.2, 0.25) is 0 Å². The topological polar surface area (TPSA) is 69.6 Å². The smallest absolute Gasteiger partial charge is 0.301 e. The van der Waals surface area contributed by atoms with Crippen LogP contribution >= 0.6 is 0 Å². The quantitative estimate of drug-likeness (QED) is 0.810. The van der Waals surface area contributed by atoms with Gasteiger partial charge in [0, 0.05) is 19.5 Å². The molecule has 116 valence electrons. The van der Waals surface area contributed by atoms with Crippen molar-refractivity contribution >= 4 is 15.9 Å². The SMILES string of the molecule is CC(C)N(C)S(=O)(=O)Nc1ccc(F)c(C#CCCO)c1. The number of anilines is 1. The lowest BCUT2D eigenvalue weighted by atomic mass is 10.2. The van der Waals surface area contributed by atoms with Crippen LogP contribution in [0.3, 0.4) is 0 Å². The van der Waals surface area contributed by atoms with Gasteiger partial charge in [0.2, 0.25) is 0 Å². The van der Waals surface area contributed by atoms with E-state index in [1.165, 1.54) is 23.5 Å². The summed E-state index contributed by atoms with van der Waals surface area (Å²) in [7, 11) is -2.24. The number of nitrogens with one attached hydrogen (secondary N) is 1. The standard InChI is InChI=1S/C14H19FN2O3S/c1-11(2)17(3)21(19,20)16-13-7-8-14(15)12(10-13)6-4-5-9-18/h7-8,10-11,16,18H,5,9H2,1-3H3. The third-order valence-corrected chi connectivity index (χ3v) is 4.45. The Morgan fingerprint density at radius 3 is 2.67 bits per heavy atom. The third-order valence-electron chi connectivity index (χ3n) is 2.78. The van der Waals surface area contributed by atoms with Crippen LogP contribution < -0.4 is 4.72 Å². The molecule has 0 saturated heterocycles. The van der Waals surface area contributed by atoms with Gasteiger partial charge in [0.05, 0.1) is 17.9 Å². The molecule has 1 aromatic rings. The lowest BCUT2D eigenvalue weighted by Crippen LogP contribution is -2.37. The van der Waals surface area contributed by atoms with E-state index in [9.17, 15) is 12.8 Å². The van der Waals surface area contributed by atoms with Gasteiger partial charge in [-0.3, -0.25) is 4.72 Å². The predicted octanol–water partition coefficient (Wildman–Crippen LogP) is 1.56. The maximum Gasteiger partial charge on any atom is 0.301 e. The van der Waals surface area contributed by atoms with E-state index in [1.807, 2.05) is 0 Å².